The average molecular weight is 688 g/mol. The molecule has 0 saturated carbocycles. The van der Waals surface area contributed by atoms with Gasteiger partial charge in [0.05, 0.1) is 31.7 Å². The molecule has 0 spiro atoms. The van der Waals surface area contributed by atoms with Crippen molar-refractivity contribution in [3.8, 4) is 0 Å². The lowest BCUT2D eigenvalue weighted by atomic mass is 9.96. The van der Waals surface area contributed by atoms with Crippen LogP contribution in [0.1, 0.15) is 58.2 Å². The van der Waals surface area contributed by atoms with Crippen LogP contribution in [0.25, 0.3) is 0 Å². The Morgan fingerprint density at radius 2 is 1.37 bits per heavy atom. The molecule has 0 aliphatic carbocycles. The fourth-order valence-electron chi connectivity index (χ4n) is 4.35. The predicted octanol–water partition coefficient (Wildman–Crippen LogP) is 4.12. The largest absolute Gasteiger partial charge is 0.386 e. The number of pyridine rings is 2. The number of nitrogens with one attached hydrogen (secondary N) is 2. The SMILES string of the molecule is CC(=O)c1cc(Cl)cn(Cc2cccc(C(C)(C)O)c2)c1=N.CN(C)S(=O)(=O)c1ccc(Cn2cc(Cl)cc(C(N)=O)c2=N)cc1. The minimum atomic E-state index is -3.49. The van der Waals surface area contributed by atoms with Gasteiger partial charge in [0.25, 0.3) is 5.91 Å². The van der Waals surface area contributed by atoms with Crippen LogP contribution in [0.15, 0.2) is 78.0 Å². The third-order valence-corrected chi connectivity index (χ3v) is 9.14. The molecule has 2 heterocycles. The van der Waals surface area contributed by atoms with E-state index in [0.29, 0.717) is 17.1 Å². The molecular weight excluding hydrogens is 651 g/mol. The van der Waals surface area contributed by atoms with E-state index in [1.807, 2.05) is 24.3 Å². The van der Waals surface area contributed by atoms with Gasteiger partial charge in [-0.3, -0.25) is 20.4 Å². The van der Waals surface area contributed by atoms with E-state index in [2.05, 4.69) is 0 Å². The molecular formula is C32H36Cl2N6O5S. The van der Waals surface area contributed by atoms with E-state index in [1.165, 1.54) is 56.0 Å². The Kier molecular flexibility index (Phi) is 11.5. The van der Waals surface area contributed by atoms with Crippen LogP contribution in [-0.2, 0) is 28.7 Å². The fourth-order valence-corrected chi connectivity index (χ4v) is 5.71. The van der Waals surface area contributed by atoms with Gasteiger partial charge in [-0.15, -0.1) is 0 Å². The summed E-state index contributed by atoms with van der Waals surface area (Å²) < 4.78 is 28.3. The maximum Gasteiger partial charge on any atom is 0.252 e. The van der Waals surface area contributed by atoms with Gasteiger partial charge in [0, 0.05) is 39.6 Å². The van der Waals surface area contributed by atoms with Crippen molar-refractivity contribution < 1.29 is 23.1 Å². The van der Waals surface area contributed by atoms with Crippen LogP contribution in [0.4, 0.5) is 0 Å². The van der Waals surface area contributed by atoms with Crippen LogP contribution in [0.2, 0.25) is 10.0 Å². The van der Waals surface area contributed by atoms with Gasteiger partial charge in [-0.05, 0) is 61.7 Å². The van der Waals surface area contributed by atoms with E-state index in [1.54, 1.807) is 36.7 Å². The monoisotopic (exact) mass is 686 g/mol. The van der Waals surface area contributed by atoms with Crippen molar-refractivity contribution in [3.63, 3.8) is 0 Å². The highest BCUT2D eigenvalue weighted by molar-refractivity contribution is 7.89. The lowest BCUT2D eigenvalue weighted by Crippen LogP contribution is -2.29. The third kappa shape index (κ3) is 9.02. The fraction of sp³-hybridized carbons (Fsp3) is 0.250. The molecule has 0 aliphatic rings. The van der Waals surface area contributed by atoms with Crippen molar-refractivity contribution in [2.45, 2.75) is 44.4 Å². The summed E-state index contributed by atoms with van der Waals surface area (Å²) in [6.45, 7) is 5.53. The summed E-state index contributed by atoms with van der Waals surface area (Å²) in [6.07, 6.45) is 3.15. The van der Waals surface area contributed by atoms with Gasteiger partial charge in [0.15, 0.2) is 5.78 Å². The van der Waals surface area contributed by atoms with Crippen molar-refractivity contribution in [1.82, 2.24) is 13.4 Å². The Morgan fingerprint density at radius 1 is 0.870 bits per heavy atom. The predicted molar refractivity (Wildman–Crippen MR) is 176 cm³/mol. The van der Waals surface area contributed by atoms with Crippen molar-refractivity contribution >= 4 is 44.9 Å². The highest BCUT2D eigenvalue weighted by atomic mass is 35.5. The van der Waals surface area contributed by atoms with Gasteiger partial charge in [0.2, 0.25) is 10.0 Å². The molecule has 0 unspecified atom stereocenters. The van der Waals surface area contributed by atoms with E-state index in [0.717, 1.165) is 21.0 Å². The summed E-state index contributed by atoms with van der Waals surface area (Å²) in [6, 6.07) is 16.7. The highest BCUT2D eigenvalue weighted by Crippen LogP contribution is 2.21. The number of hydrogen-bond donors (Lipinski definition) is 4. The summed E-state index contributed by atoms with van der Waals surface area (Å²) >= 11 is 12.0. The molecule has 244 valence electrons. The molecule has 2 aromatic heterocycles. The average Bonchev–Trinajstić information content (AvgIpc) is 2.96. The Hall–Kier alpha value is -4.07. The molecule has 14 heteroatoms. The number of carbonyl (C=O) groups excluding carboxylic acids is 2. The number of amides is 1. The molecule has 0 radical (unpaired) electrons. The molecule has 0 bridgehead atoms. The van der Waals surface area contributed by atoms with Gasteiger partial charge < -0.3 is 20.0 Å². The quantitative estimate of drug-likeness (QED) is 0.193. The third-order valence-electron chi connectivity index (χ3n) is 6.89. The van der Waals surface area contributed by atoms with E-state index in [-0.39, 0.29) is 38.8 Å². The molecule has 2 aromatic carbocycles. The summed E-state index contributed by atoms with van der Waals surface area (Å²) in [5.74, 6) is -0.921. The van der Waals surface area contributed by atoms with Crippen LogP contribution in [0.3, 0.4) is 0 Å². The number of nitrogens with two attached hydrogens (primary N) is 1. The molecule has 4 rings (SSSR count). The van der Waals surface area contributed by atoms with Crippen molar-refractivity contribution in [2.75, 3.05) is 14.1 Å². The second-order valence-corrected chi connectivity index (χ2v) is 14.2. The maximum absolute atomic E-state index is 12.0. The first-order valence-electron chi connectivity index (χ1n) is 13.8. The first-order chi connectivity index (χ1) is 21.3. The molecule has 0 saturated heterocycles. The standard InChI is InChI=1S/C17H19ClN2O2.C15H17ClN4O3S/c1-11(21)15-8-14(18)10-20(16(15)19)9-12-5-4-6-13(7-12)17(2,3)22;1-19(2)24(22,23)12-5-3-10(4-6-12)8-20-9-11(16)7-13(14(20)17)15(18)21/h4-8,10,19,22H,9H2,1-3H3;3-7,9,17H,8H2,1-2H3,(H2,18,21). The van der Waals surface area contributed by atoms with Gasteiger partial charge >= 0.3 is 0 Å². The number of rotatable bonds is 9. The van der Waals surface area contributed by atoms with E-state index in [9.17, 15) is 23.1 Å². The normalized spacial score (nSPS) is 11.6. The zero-order valence-electron chi connectivity index (χ0n) is 26.0. The minimum Gasteiger partial charge on any atom is -0.386 e. The number of benzene rings is 2. The summed E-state index contributed by atoms with van der Waals surface area (Å²) in [7, 11) is -0.570. The molecule has 0 aliphatic heterocycles. The molecule has 0 fully saturated rings. The number of nitrogens with zero attached hydrogens (tertiary/aromatic N) is 3. The Bertz CT molecular complexity index is 2000. The molecule has 1 amide bonds. The number of carbonyl (C=O) groups is 2. The second kappa shape index (κ2) is 14.6. The molecule has 4 aromatic rings. The van der Waals surface area contributed by atoms with Crippen LogP contribution >= 0.6 is 23.2 Å². The number of aromatic nitrogens is 2. The van der Waals surface area contributed by atoms with Crippen LogP contribution in [0.5, 0.6) is 0 Å². The molecule has 11 nitrogen and oxygen atoms in total. The number of sulfonamides is 1. The topological polar surface area (TPSA) is 175 Å². The number of Topliss-reactive ketones (excluding diaryl/α,β-unsaturated/α-hetero) is 1. The number of aliphatic hydroxyl groups is 1. The van der Waals surface area contributed by atoms with Crippen LogP contribution in [-0.4, -0.2) is 52.7 Å². The molecule has 5 N–H and O–H groups in total. The Balaban J connectivity index is 0.000000251. The van der Waals surface area contributed by atoms with E-state index < -0.39 is 21.5 Å². The second-order valence-electron chi connectivity index (χ2n) is 11.2. The minimum absolute atomic E-state index is 0.0225. The zero-order valence-corrected chi connectivity index (χ0v) is 28.3. The molecule has 0 atom stereocenters. The van der Waals surface area contributed by atoms with Crippen molar-refractivity contribution in [1.29, 1.82) is 10.8 Å². The van der Waals surface area contributed by atoms with Gasteiger partial charge in [-0.2, -0.15) is 0 Å². The Morgan fingerprint density at radius 3 is 1.85 bits per heavy atom. The first-order valence-corrected chi connectivity index (χ1v) is 16.0. The maximum atomic E-state index is 12.0. The van der Waals surface area contributed by atoms with Crippen LogP contribution in [0, 0.1) is 10.8 Å². The van der Waals surface area contributed by atoms with Crippen LogP contribution < -0.4 is 16.7 Å². The van der Waals surface area contributed by atoms with Gasteiger partial charge in [-0.25, -0.2) is 12.7 Å². The number of primary amides is 1. The Labute approximate surface area is 277 Å². The number of hydrogen-bond acceptors (Lipinski definition) is 7. The summed E-state index contributed by atoms with van der Waals surface area (Å²) in [4.78, 5) is 23.1. The lowest BCUT2D eigenvalue weighted by Gasteiger charge is -2.19. The van der Waals surface area contributed by atoms with Crippen molar-refractivity contribution in [2.24, 2.45) is 5.73 Å². The number of ketones is 1. The van der Waals surface area contributed by atoms with E-state index in [4.69, 9.17) is 39.8 Å². The highest BCUT2D eigenvalue weighted by Gasteiger charge is 2.18. The van der Waals surface area contributed by atoms with Crippen molar-refractivity contribution in [3.05, 3.63) is 122 Å². The lowest BCUT2D eigenvalue weighted by molar-refractivity contribution is 0.0784. The summed E-state index contributed by atoms with van der Waals surface area (Å²) in [5, 5.41) is 26.9. The zero-order chi connectivity index (χ0) is 34.6. The molecule has 46 heavy (non-hydrogen) atoms. The number of halogens is 2. The smallest absolute Gasteiger partial charge is 0.252 e. The van der Waals surface area contributed by atoms with E-state index >= 15 is 0 Å². The summed E-state index contributed by atoms with van der Waals surface area (Å²) in [5.41, 5.74) is 7.18. The van der Waals surface area contributed by atoms with Gasteiger partial charge in [-0.1, -0.05) is 59.6 Å². The first kappa shape index (κ1) is 36.4. The van der Waals surface area contributed by atoms with Gasteiger partial charge in [0.1, 0.15) is 11.0 Å².